The van der Waals surface area contributed by atoms with Crippen molar-refractivity contribution in [2.75, 3.05) is 10.6 Å². The molecule has 1 fully saturated rings. The summed E-state index contributed by atoms with van der Waals surface area (Å²) in [6, 6.07) is 10.8. The summed E-state index contributed by atoms with van der Waals surface area (Å²) in [5.74, 6) is 1.15. The van der Waals surface area contributed by atoms with Crippen LogP contribution in [0.2, 0.25) is 0 Å². The Morgan fingerprint density at radius 1 is 1.15 bits per heavy atom. The van der Waals surface area contributed by atoms with Gasteiger partial charge in [0.1, 0.15) is 17.2 Å². The Balaban J connectivity index is 1.35. The molecule has 1 saturated carbocycles. The van der Waals surface area contributed by atoms with Crippen LogP contribution in [0.15, 0.2) is 48.8 Å². The van der Waals surface area contributed by atoms with E-state index in [9.17, 15) is 9.59 Å². The lowest BCUT2D eigenvalue weighted by Gasteiger charge is -2.13. The molecular weight excluding hydrogens is 422 g/mol. The first-order valence-corrected chi connectivity index (χ1v) is 10.9. The zero-order chi connectivity index (χ0) is 22.8. The Hall–Kier alpha value is -4.21. The molecule has 2 amide bonds. The highest BCUT2D eigenvalue weighted by Crippen LogP contribution is 2.30. The third kappa shape index (κ3) is 4.69. The summed E-state index contributed by atoms with van der Waals surface area (Å²) in [5.41, 5.74) is 2.67. The molecule has 3 aromatic heterocycles. The number of benzene rings is 1. The van der Waals surface area contributed by atoms with Crippen molar-refractivity contribution in [1.29, 1.82) is 0 Å². The average Bonchev–Trinajstić information content (AvgIpc) is 3.35. The van der Waals surface area contributed by atoms with E-state index >= 15 is 0 Å². The Bertz CT molecular complexity index is 1310. The van der Waals surface area contributed by atoms with Crippen LogP contribution < -0.4 is 15.4 Å². The minimum atomic E-state index is -0.271. The smallest absolute Gasteiger partial charge is 0.273 e. The Morgan fingerprint density at radius 2 is 2.00 bits per heavy atom. The molecule has 3 heterocycles. The van der Waals surface area contributed by atoms with E-state index in [1.807, 2.05) is 12.1 Å². The maximum atomic E-state index is 12.5. The fraction of sp³-hybridized carbons (Fsp3) is 0.261. The molecule has 1 aliphatic carbocycles. The van der Waals surface area contributed by atoms with Crippen molar-refractivity contribution in [3.05, 3.63) is 60.0 Å². The number of aryl methyl sites for hydroxylation is 1. The molecule has 0 aliphatic heterocycles. The number of nitrogens with one attached hydrogen (secondary N) is 3. The summed E-state index contributed by atoms with van der Waals surface area (Å²) in [6.07, 6.45) is 6.81. The number of carbonyl (C=O) groups is 2. The first-order valence-electron chi connectivity index (χ1n) is 10.9. The van der Waals surface area contributed by atoms with Crippen LogP contribution in [0.1, 0.15) is 42.2 Å². The molecule has 1 aliphatic rings. The fourth-order valence-corrected chi connectivity index (χ4v) is 3.47. The van der Waals surface area contributed by atoms with E-state index in [0.29, 0.717) is 28.5 Å². The number of rotatable bonds is 8. The van der Waals surface area contributed by atoms with Crippen LogP contribution in [-0.2, 0) is 11.2 Å². The van der Waals surface area contributed by atoms with Gasteiger partial charge in [-0.25, -0.2) is 4.52 Å². The van der Waals surface area contributed by atoms with Crippen LogP contribution in [0.4, 0.5) is 11.6 Å². The van der Waals surface area contributed by atoms with Gasteiger partial charge in [0, 0.05) is 23.9 Å². The van der Waals surface area contributed by atoms with Crippen LogP contribution in [0.3, 0.4) is 0 Å². The summed E-state index contributed by atoms with van der Waals surface area (Å²) in [5, 5.41) is 16.5. The van der Waals surface area contributed by atoms with Gasteiger partial charge in [0.2, 0.25) is 11.9 Å². The van der Waals surface area contributed by atoms with Gasteiger partial charge in [-0.05, 0) is 49.1 Å². The lowest BCUT2D eigenvalue weighted by atomic mass is 10.1. The second-order valence-electron chi connectivity index (χ2n) is 7.96. The number of nitrogens with zero attached hydrogens (tertiary/aromatic N) is 4. The first-order chi connectivity index (χ1) is 16.1. The molecule has 0 bridgehead atoms. The number of aromatic amines is 1. The van der Waals surface area contributed by atoms with Crippen LogP contribution in [0.5, 0.6) is 11.5 Å². The van der Waals surface area contributed by atoms with Crippen molar-refractivity contribution < 1.29 is 14.3 Å². The third-order valence-corrected chi connectivity index (χ3v) is 5.32. The van der Waals surface area contributed by atoms with Gasteiger partial charge in [-0.15, -0.1) is 5.10 Å². The number of anilines is 2. The van der Waals surface area contributed by atoms with E-state index in [1.165, 1.54) is 6.20 Å². The highest BCUT2D eigenvalue weighted by Gasteiger charge is 2.30. The minimum Gasteiger partial charge on any atom is -0.456 e. The van der Waals surface area contributed by atoms with Crippen molar-refractivity contribution in [3.63, 3.8) is 0 Å². The lowest BCUT2D eigenvalue weighted by molar-refractivity contribution is -0.117. The van der Waals surface area contributed by atoms with Crippen molar-refractivity contribution in [1.82, 2.24) is 24.8 Å². The summed E-state index contributed by atoms with van der Waals surface area (Å²) in [6.45, 7) is 2.08. The second kappa shape index (κ2) is 8.73. The maximum Gasteiger partial charge on any atom is 0.273 e. The zero-order valence-corrected chi connectivity index (χ0v) is 18.0. The molecule has 0 atom stereocenters. The van der Waals surface area contributed by atoms with Gasteiger partial charge in [0.15, 0.2) is 5.65 Å². The number of hydrogen-bond acceptors (Lipinski definition) is 6. The van der Waals surface area contributed by atoms with Crippen molar-refractivity contribution in [2.45, 2.75) is 32.6 Å². The summed E-state index contributed by atoms with van der Waals surface area (Å²) >= 11 is 0. The minimum absolute atomic E-state index is 0.0424. The molecule has 168 valence electrons. The lowest BCUT2D eigenvalue weighted by Crippen LogP contribution is -2.14. The standard InChI is InChI=1S/C23H23N7O3/c1-2-3-14-6-7-16(12-19(14)25-22(32)18-10-11-24-28-18)33-17-8-9-20-26-23(29-30(20)13-17)27-21(31)15-4-5-15/h6-13,15H,2-5H2,1H3,(H,24,28)(H,25,32)(H,27,29,31). The molecule has 10 heteroatoms. The molecule has 0 unspecified atom stereocenters. The second-order valence-corrected chi connectivity index (χ2v) is 7.96. The van der Waals surface area contributed by atoms with Crippen LogP contribution in [0.25, 0.3) is 5.65 Å². The van der Waals surface area contributed by atoms with Crippen molar-refractivity contribution >= 4 is 29.1 Å². The molecule has 5 rings (SSSR count). The number of amides is 2. The normalized spacial score (nSPS) is 13.1. The van der Waals surface area contributed by atoms with Crippen LogP contribution in [-0.4, -0.2) is 36.6 Å². The third-order valence-electron chi connectivity index (χ3n) is 5.32. The van der Waals surface area contributed by atoms with E-state index < -0.39 is 0 Å². The van der Waals surface area contributed by atoms with Crippen molar-refractivity contribution in [3.8, 4) is 11.5 Å². The molecular formula is C23H23N7O3. The van der Waals surface area contributed by atoms with E-state index in [4.69, 9.17) is 4.74 Å². The van der Waals surface area contributed by atoms with E-state index in [0.717, 1.165) is 31.2 Å². The van der Waals surface area contributed by atoms with Gasteiger partial charge in [-0.3, -0.25) is 20.0 Å². The van der Waals surface area contributed by atoms with Gasteiger partial charge >= 0.3 is 0 Å². The SMILES string of the molecule is CCCc1ccc(Oc2ccc3nc(NC(=O)C4CC4)nn3c2)cc1NC(=O)c1ccn[nH]1. The molecule has 0 radical (unpaired) electrons. The number of carbonyl (C=O) groups excluding carboxylic acids is 2. The molecule has 0 saturated heterocycles. The molecule has 4 aromatic rings. The number of aromatic nitrogens is 5. The molecule has 33 heavy (non-hydrogen) atoms. The molecule has 10 nitrogen and oxygen atoms in total. The largest absolute Gasteiger partial charge is 0.456 e. The first kappa shape index (κ1) is 20.7. The Labute approximate surface area is 189 Å². The predicted octanol–water partition coefficient (Wildman–Crippen LogP) is 3.80. The van der Waals surface area contributed by atoms with Crippen LogP contribution >= 0.6 is 0 Å². The average molecular weight is 445 g/mol. The maximum absolute atomic E-state index is 12.5. The Kier molecular flexibility index (Phi) is 5.47. The monoisotopic (exact) mass is 445 g/mol. The topological polar surface area (TPSA) is 126 Å². The fourth-order valence-electron chi connectivity index (χ4n) is 3.47. The van der Waals surface area contributed by atoms with E-state index in [1.54, 1.807) is 35.0 Å². The number of fused-ring (bicyclic) bond motifs is 1. The van der Waals surface area contributed by atoms with Gasteiger partial charge in [0.05, 0.1) is 6.20 Å². The predicted molar refractivity (Wildman–Crippen MR) is 121 cm³/mol. The quantitative estimate of drug-likeness (QED) is 0.379. The summed E-state index contributed by atoms with van der Waals surface area (Å²) in [7, 11) is 0. The van der Waals surface area contributed by atoms with Gasteiger partial charge in [-0.2, -0.15) is 10.1 Å². The Morgan fingerprint density at radius 3 is 2.76 bits per heavy atom. The molecule has 0 spiro atoms. The molecule has 1 aromatic carbocycles. The number of ether oxygens (including phenoxy) is 1. The van der Waals surface area contributed by atoms with E-state index in [2.05, 4.69) is 37.8 Å². The van der Waals surface area contributed by atoms with Gasteiger partial charge in [-0.1, -0.05) is 19.4 Å². The number of H-pyrrole nitrogens is 1. The van der Waals surface area contributed by atoms with Crippen molar-refractivity contribution in [2.24, 2.45) is 5.92 Å². The van der Waals surface area contributed by atoms with Gasteiger partial charge in [0.25, 0.3) is 5.91 Å². The van der Waals surface area contributed by atoms with Gasteiger partial charge < -0.3 is 10.1 Å². The number of hydrogen-bond donors (Lipinski definition) is 3. The molecule has 3 N–H and O–H groups in total. The van der Waals surface area contributed by atoms with Crippen LogP contribution in [0, 0.1) is 5.92 Å². The number of pyridine rings is 1. The zero-order valence-electron chi connectivity index (χ0n) is 18.0. The van der Waals surface area contributed by atoms with E-state index in [-0.39, 0.29) is 23.7 Å². The summed E-state index contributed by atoms with van der Waals surface area (Å²) < 4.78 is 7.58. The highest BCUT2D eigenvalue weighted by atomic mass is 16.5. The highest BCUT2D eigenvalue weighted by molar-refractivity contribution is 6.03. The summed E-state index contributed by atoms with van der Waals surface area (Å²) in [4.78, 5) is 28.8.